The summed E-state index contributed by atoms with van der Waals surface area (Å²) in [5.74, 6) is 0. The molecule has 0 amide bonds. The maximum absolute atomic E-state index is 11.0. The maximum atomic E-state index is 11.0. The summed E-state index contributed by atoms with van der Waals surface area (Å²) in [5.41, 5.74) is 0.539. The molecule has 1 rings (SSSR count). The van der Waals surface area contributed by atoms with Gasteiger partial charge in [0.15, 0.2) is 0 Å². The molecule has 0 unspecified atom stereocenters. The predicted molar refractivity (Wildman–Crippen MR) is 42.3 cm³/mol. The van der Waals surface area contributed by atoms with Crippen LogP contribution in [-0.4, -0.2) is 4.98 Å². The van der Waals surface area contributed by atoms with Crippen LogP contribution in [0, 0.1) is 16.5 Å². The summed E-state index contributed by atoms with van der Waals surface area (Å²) in [5, 5.41) is 19.3. The molecular formula is C7H6ClN3O. The molecule has 0 fully saturated rings. The minimum atomic E-state index is -0.172. The topological polar surface area (TPSA) is 63.6 Å². The molecule has 0 spiro atoms. The largest absolute Gasteiger partial charge is 0.618 e. The summed E-state index contributed by atoms with van der Waals surface area (Å²) in [4.78, 5) is 3.86. The lowest BCUT2D eigenvalue weighted by Crippen LogP contribution is -2.29. The first-order chi connectivity index (χ1) is 5.69. The molecule has 62 valence electrons. The van der Waals surface area contributed by atoms with Crippen molar-refractivity contribution < 1.29 is 4.73 Å². The third-order valence-corrected chi connectivity index (χ3v) is 1.72. The summed E-state index contributed by atoms with van der Waals surface area (Å²) >= 11 is 5.49. The zero-order chi connectivity index (χ0) is 9.14. The molecule has 4 nitrogen and oxygen atoms in total. The van der Waals surface area contributed by atoms with E-state index in [4.69, 9.17) is 16.9 Å². The Morgan fingerprint density at radius 3 is 3.00 bits per heavy atom. The van der Waals surface area contributed by atoms with Gasteiger partial charge in [-0.1, -0.05) is 6.92 Å². The Hall–Kier alpha value is -1.34. The van der Waals surface area contributed by atoms with Crippen molar-refractivity contribution >= 4 is 11.6 Å². The molecule has 1 aromatic heterocycles. The first-order valence-electron chi connectivity index (χ1n) is 3.37. The van der Waals surface area contributed by atoms with Crippen LogP contribution in [0.3, 0.4) is 0 Å². The van der Waals surface area contributed by atoms with Gasteiger partial charge in [-0.2, -0.15) is 9.99 Å². The Morgan fingerprint density at radius 1 is 1.83 bits per heavy atom. The van der Waals surface area contributed by atoms with Gasteiger partial charge in [0.1, 0.15) is 11.8 Å². The van der Waals surface area contributed by atoms with E-state index in [0.717, 1.165) is 0 Å². The van der Waals surface area contributed by atoms with Gasteiger partial charge in [-0.25, -0.2) is 4.98 Å². The smallest absolute Gasteiger partial charge is 0.323 e. The highest BCUT2D eigenvalue weighted by molar-refractivity contribution is 6.29. The average Bonchev–Trinajstić information content (AvgIpc) is 2.09. The summed E-state index contributed by atoms with van der Waals surface area (Å²) in [6.07, 6.45) is 1.87. The molecule has 0 N–H and O–H groups in total. The lowest BCUT2D eigenvalue weighted by Gasteiger charge is -2.00. The van der Waals surface area contributed by atoms with Crippen molar-refractivity contribution in [1.82, 2.24) is 4.98 Å². The van der Waals surface area contributed by atoms with Crippen LogP contribution in [0.5, 0.6) is 0 Å². The maximum Gasteiger partial charge on any atom is 0.323 e. The van der Waals surface area contributed by atoms with E-state index in [1.165, 1.54) is 6.20 Å². The van der Waals surface area contributed by atoms with Gasteiger partial charge in [0, 0.05) is 0 Å². The average molecular weight is 184 g/mol. The second-order valence-electron chi connectivity index (χ2n) is 2.16. The van der Waals surface area contributed by atoms with E-state index in [0.29, 0.717) is 16.8 Å². The first-order valence-corrected chi connectivity index (χ1v) is 3.75. The van der Waals surface area contributed by atoms with Gasteiger partial charge < -0.3 is 5.21 Å². The number of hydrogen-bond acceptors (Lipinski definition) is 3. The quantitative estimate of drug-likeness (QED) is 0.478. The summed E-state index contributed by atoms with van der Waals surface area (Å²) in [6, 6.07) is 1.75. The van der Waals surface area contributed by atoms with Crippen LogP contribution in [-0.2, 0) is 6.42 Å². The van der Waals surface area contributed by atoms with E-state index >= 15 is 0 Å². The molecule has 0 aliphatic rings. The highest BCUT2D eigenvalue weighted by Crippen LogP contribution is 2.06. The van der Waals surface area contributed by atoms with Crippen molar-refractivity contribution in [3.63, 3.8) is 0 Å². The van der Waals surface area contributed by atoms with E-state index < -0.39 is 0 Å². The first kappa shape index (κ1) is 8.75. The van der Waals surface area contributed by atoms with Crippen LogP contribution in [0.1, 0.15) is 18.3 Å². The zero-order valence-electron chi connectivity index (χ0n) is 6.41. The van der Waals surface area contributed by atoms with Crippen LogP contribution in [0.4, 0.5) is 0 Å². The van der Waals surface area contributed by atoms with Crippen molar-refractivity contribution in [3.8, 4) is 6.07 Å². The predicted octanol–water partition coefficient (Wildman–Crippen LogP) is 0.802. The highest BCUT2D eigenvalue weighted by Gasteiger charge is 2.12. The number of aromatic nitrogens is 2. The molecule has 0 atom stereocenters. The second-order valence-corrected chi connectivity index (χ2v) is 2.52. The van der Waals surface area contributed by atoms with Crippen LogP contribution in [0.25, 0.3) is 0 Å². The lowest BCUT2D eigenvalue weighted by molar-refractivity contribution is -0.604. The molecular weight excluding hydrogens is 178 g/mol. The number of hydrogen-bond donors (Lipinski definition) is 0. The molecule has 0 aliphatic carbocycles. The molecule has 0 bridgehead atoms. The SMILES string of the molecule is CCc1c[n+]([O-])c(Cl)c(C#N)n1. The summed E-state index contributed by atoms with van der Waals surface area (Å²) in [6.45, 7) is 1.84. The Kier molecular flexibility index (Phi) is 2.46. The fourth-order valence-electron chi connectivity index (χ4n) is 0.756. The van der Waals surface area contributed by atoms with Gasteiger partial charge in [-0.05, 0) is 18.0 Å². The minimum Gasteiger partial charge on any atom is -0.618 e. The third-order valence-electron chi connectivity index (χ3n) is 1.38. The Balaban J connectivity index is 3.31. The molecule has 5 heteroatoms. The Labute approximate surface area is 74.6 Å². The number of nitrogens with zero attached hydrogens (tertiary/aromatic N) is 3. The van der Waals surface area contributed by atoms with E-state index in [1.807, 2.05) is 6.92 Å². The van der Waals surface area contributed by atoms with E-state index in [2.05, 4.69) is 4.98 Å². The molecule has 12 heavy (non-hydrogen) atoms. The highest BCUT2D eigenvalue weighted by atomic mass is 35.5. The van der Waals surface area contributed by atoms with E-state index in [9.17, 15) is 5.21 Å². The minimum absolute atomic E-state index is 0.0222. The zero-order valence-corrected chi connectivity index (χ0v) is 7.17. The van der Waals surface area contributed by atoms with E-state index in [-0.39, 0.29) is 10.8 Å². The molecule has 0 saturated carbocycles. The van der Waals surface area contributed by atoms with Gasteiger partial charge in [-0.15, -0.1) is 0 Å². The molecule has 1 heterocycles. The van der Waals surface area contributed by atoms with Crippen LogP contribution < -0.4 is 4.73 Å². The lowest BCUT2D eigenvalue weighted by atomic mass is 10.3. The van der Waals surface area contributed by atoms with Gasteiger partial charge >= 0.3 is 5.15 Å². The second kappa shape index (κ2) is 3.37. The number of nitriles is 1. The van der Waals surface area contributed by atoms with Gasteiger partial charge in [0.2, 0.25) is 11.9 Å². The van der Waals surface area contributed by atoms with Crippen molar-refractivity contribution in [2.45, 2.75) is 13.3 Å². The molecule has 0 aromatic carbocycles. The van der Waals surface area contributed by atoms with Crippen molar-refractivity contribution in [2.75, 3.05) is 0 Å². The third kappa shape index (κ3) is 1.46. The van der Waals surface area contributed by atoms with Crippen LogP contribution in [0.2, 0.25) is 5.15 Å². The monoisotopic (exact) mass is 183 g/mol. The fraction of sp³-hybridized carbons (Fsp3) is 0.286. The van der Waals surface area contributed by atoms with Gasteiger partial charge in [-0.3, -0.25) is 0 Å². The molecule has 0 radical (unpaired) electrons. The standard InChI is InChI=1S/C7H6ClN3O/c1-2-5-4-11(12)7(8)6(3-9)10-5/h4H,2H2,1H3. The summed E-state index contributed by atoms with van der Waals surface area (Å²) in [7, 11) is 0. The number of aryl methyl sites for hydroxylation is 1. The summed E-state index contributed by atoms with van der Waals surface area (Å²) < 4.78 is 0.450. The number of halogens is 1. The molecule has 1 aromatic rings. The Bertz CT molecular complexity index is 345. The van der Waals surface area contributed by atoms with Gasteiger partial charge in [0.05, 0.1) is 0 Å². The number of rotatable bonds is 1. The Morgan fingerprint density at radius 2 is 2.50 bits per heavy atom. The fourth-order valence-corrected chi connectivity index (χ4v) is 0.890. The molecule has 0 aliphatic heterocycles. The van der Waals surface area contributed by atoms with Crippen molar-refractivity contribution in [2.24, 2.45) is 0 Å². The van der Waals surface area contributed by atoms with Gasteiger partial charge in [0.25, 0.3) is 0 Å². The van der Waals surface area contributed by atoms with Crippen molar-refractivity contribution in [1.29, 1.82) is 5.26 Å². The van der Waals surface area contributed by atoms with Crippen LogP contribution >= 0.6 is 11.6 Å². The van der Waals surface area contributed by atoms with E-state index in [1.54, 1.807) is 6.07 Å². The molecule has 0 saturated heterocycles. The van der Waals surface area contributed by atoms with Crippen molar-refractivity contribution in [3.05, 3.63) is 27.9 Å². The van der Waals surface area contributed by atoms with Crippen LogP contribution in [0.15, 0.2) is 6.20 Å². The normalized spacial score (nSPS) is 9.42.